The third kappa shape index (κ3) is 2.36. The van der Waals surface area contributed by atoms with Crippen molar-refractivity contribution < 1.29 is 14.4 Å². The fraction of sp³-hybridized carbons (Fsp3) is 0.333. The van der Waals surface area contributed by atoms with Crippen molar-refractivity contribution >= 4 is 11.5 Å². The molecule has 2 aliphatic rings. The molecule has 1 atom stereocenters. The van der Waals surface area contributed by atoms with E-state index < -0.39 is 5.60 Å². The van der Waals surface area contributed by atoms with Gasteiger partial charge in [0.05, 0.1) is 12.8 Å². The van der Waals surface area contributed by atoms with E-state index in [0.29, 0.717) is 24.2 Å². The summed E-state index contributed by atoms with van der Waals surface area (Å²) in [6, 6.07) is 9.93. The first-order valence-corrected chi connectivity index (χ1v) is 8.48. The van der Waals surface area contributed by atoms with Gasteiger partial charge in [0.25, 0.3) is 0 Å². The van der Waals surface area contributed by atoms with Crippen molar-refractivity contribution in [2.75, 3.05) is 7.11 Å². The molecule has 0 amide bonds. The predicted molar refractivity (Wildman–Crippen MR) is 96.7 cm³/mol. The van der Waals surface area contributed by atoms with Crippen molar-refractivity contribution in [3.63, 3.8) is 0 Å². The highest BCUT2D eigenvalue weighted by Gasteiger charge is 2.52. The van der Waals surface area contributed by atoms with Gasteiger partial charge < -0.3 is 9.57 Å². The third-order valence-corrected chi connectivity index (χ3v) is 5.20. The number of Topliss-reactive ketones (excluding diaryl/α,β-unsaturated/α-hetero) is 1. The van der Waals surface area contributed by atoms with Crippen molar-refractivity contribution in [1.82, 2.24) is 0 Å². The molecule has 4 rings (SSSR count). The Labute approximate surface area is 147 Å². The van der Waals surface area contributed by atoms with Crippen LogP contribution in [0.25, 0.3) is 0 Å². The SMILES string of the molecule is COc1ccc2c(c1)C(=O)C1(CC(c3c(C)cc(C)cc3C)=NO1)C2. The number of oxime groups is 1. The zero-order chi connectivity index (χ0) is 17.8. The molecule has 2 aromatic carbocycles. The van der Waals surface area contributed by atoms with Gasteiger partial charge in [-0.25, -0.2) is 0 Å². The van der Waals surface area contributed by atoms with Crippen LogP contribution in [0.4, 0.5) is 0 Å². The summed E-state index contributed by atoms with van der Waals surface area (Å²) in [7, 11) is 1.60. The molecule has 128 valence electrons. The van der Waals surface area contributed by atoms with Crippen molar-refractivity contribution in [1.29, 1.82) is 0 Å². The van der Waals surface area contributed by atoms with Crippen LogP contribution >= 0.6 is 0 Å². The Kier molecular flexibility index (Phi) is 3.46. The highest BCUT2D eigenvalue weighted by Crippen LogP contribution is 2.41. The summed E-state index contributed by atoms with van der Waals surface area (Å²) in [6.45, 7) is 6.25. The van der Waals surface area contributed by atoms with Gasteiger partial charge in [0, 0.05) is 24.0 Å². The van der Waals surface area contributed by atoms with E-state index in [-0.39, 0.29) is 5.78 Å². The number of ketones is 1. The normalized spacial score (nSPS) is 21.3. The van der Waals surface area contributed by atoms with Gasteiger partial charge in [-0.15, -0.1) is 0 Å². The van der Waals surface area contributed by atoms with Crippen LogP contribution in [0.5, 0.6) is 5.75 Å². The van der Waals surface area contributed by atoms with E-state index in [1.165, 1.54) is 16.7 Å². The van der Waals surface area contributed by atoms with Gasteiger partial charge in [0.15, 0.2) is 0 Å². The summed E-state index contributed by atoms with van der Waals surface area (Å²) in [6.07, 6.45) is 1.07. The monoisotopic (exact) mass is 335 g/mol. The number of benzene rings is 2. The molecule has 0 saturated carbocycles. The second kappa shape index (κ2) is 5.45. The summed E-state index contributed by atoms with van der Waals surface area (Å²) in [5, 5.41) is 4.33. The molecule has 1 spiro atoms. The zero-order valence-electron chi connectivity index (χ0n) is 15.0. The molecule has 0 fully saturated rings. The Bertz CT molecular complexity index is 906. The van der Waals surface area contributed by atoms with Crippen LogP contribution in [0.1, 0.15) is 44.6 Å². The van der Waals surface area contributed by atoms with Crippen LogP contribution in [-0.4, -0.2) is 24.2 Å². The first kappa shape index (κ1) is 15.9. The Morgan fingerprint density at radius 3 is 2.48 bits per heavy atom. The van der Waals surface area contributed by atoms with Crippen molar-refractivity contribution in [3.8, 4) is 5.75 Å². The molecule has 1 heterocycles. The lowest BCUT2D eigenvalue weighted by atomic mass is 9.87. The second-order valence-electron chi connectivity index (χ2n) is 7.10. The molecule has 4 heteroatoms. The molecule has 25 heavy (non-hydrogen) atoms. The average molecular weight is 335 g/mol. The largest absolute Gasteiger partial charge is 0.497 e. The number of methoxy groups -OCH3 is 1. The number of nitrogens with zero attached hydrogens (tertiary/aromatic N) is 1. The summed E-state index contributed by atoms with van der Waals surface area (Å²) in [5.41, 5.74) is 6.32. The molecule has 1 aliphatic carbocycles. The van der Waals surface area contributed by atoms with Crippen molar-refractivity contribution in [2.45, 2.75) is 39.2 Å². The number of carbonyl (C=O) groups excluding carboxylic acids is 1. The predicted octanol–water partition coefficient (Wildman–Crippen LogP) is 3.92. The van der Waals surface area contributed by atoms with E-state index in [0.717, 1.165) is 16.8 Å². The molecule has 1 unspecified atom stereocenters. The van der Waals surface area contributed by atoms with E-state index in [9.17, 15) is 4.79 Å². The average Bonchev–Trinajstić information content (AvgIpc) is 3.09. The van der Waals surface area contributed by atoms with E-state index in [1.807, 2.05) is 12.1 Å². The lowest BCUT2D eigenvalue weighted by molar-refractivity contribution is 0.000676. The summed E-state index contributed by atoms with van der Waals surface area (Å²) in [5.74, 6) is 0.691. The molecule has 0 saturated heterocycles. The summed E-state index contributed by atoms with van der Waals surface area (Å²) in [4.78, 5) is 18.8. The van der Waals surface area contributed by atoms with E-state index in [1.54, 1.807) is 13.2 Å². The van der Waals surface area contributed by atoms with Gasteiger partial charge in [-0.05, 0) is 49.6 Å². The van der Waals surface area contributed by atoms with Gasteiger partial charge in [0.2, 0.25) is 11.4 Å². The van der Waals surface area contributed by atoms with E-state index in [4.69, 9.17) is 9.57 Å². The Balaban J connectivity index is 1.68. The summed E-state index contributed by atoms with van der Waals surface area (Å²) < 4.78 is 5.25. The summed E-state index contributed by atoms with van der Waals surface area (Å²) >= 11 is 0. The van der Waals surface area contributed by atoms with Gasteiger partial charge in [-0.3, -0.25) is 4.79 Å². The highest BCUT2D eigenvalue weighted by atomic mass is 16.7. The highest BCUT2D eigenvalue weighted by molar-refractivity contribution is 6.13. The number of ether oxygens (including phenoxy) is 1. The fourth-order valence-corrected chi connectivity index (χ4v) is 4.14. The van der Waals surface area contributed by atoms with Gasteiger partial charge in [0.1, 0.15) is 5.75 Å². The number of aryl methyl sites for hydroxylation is 3. The van der Waals surface area contributed by atoms with E-state index >= 15 is 0 Å². The minimum atomic E-state index is -0.895. The Morgan fingerprint density at radius 2 is 1.80 bits per heavy atom. The second-order valence-corrected chi connectivity index (χ2v) is 7.10. The van der Waals surface area contributed by atoms with Crippen LogP contribution < -0.4 is 4.74 Å². The Morgan fingerprint density at radius 1 is 1.08 bits per heavy atom. The molecule has 0 aromatic heterocycles. The van der Waals surface area contributed by atoms with Crippen LogP contribution in [0.15, 0.2) is 35.5 Å². The molecule has 0 bridgehead atoms. The minimum Gasteiger partial charge on any atom is -0.497 e. The first-order chi connectivity index (χ1) is 11.9. The smallest absolute Gasteiger partial charge is 0.210 e. The van der Waals surface area contributed by atoms with Crippen LogP contribution in [0.2, 0.25) is 0 Å². The molecule has 0 radical (unpaired) electrons. The quantitative estimate of drug-likeness (QED) is 0.836. The maximum atomic E-state index is 13.0. The van der Waals surface area contributed by atoms with Gasteiger partial charge >= 0.3 is 0 Å². The van der Waals surface area contributed by atoms with E-state index in [2.05, 4.69) is 38.1 Å². The maximum absolute atomic E-state index is 13.0. The van der Waals surface area contributed by atoms with Crippen LogP contribution in [-0.2, 0) is 11.3 Å². The Hall–Kier alpha value is -2.62. The minimum absolute atomic E-state index is 0.00238. The number of hydrogen-bond donors (Lipinski definition) is 0. The topological polar surface area (TPSA) is 47.9 Å². The lowest BCUT2D eigenvalue weighted by Gasteiger charge is -2.18. The first-order valence-electron chi connectivity index (χ1n) is 8.48. The number of fused-ring (bicyclic) bond motifs is 1. The van der Waals surface area contributed by atoms with Crippen molar-refractivity contribution in [2.24, 2.45) is 5.16 Å². The molecular formula is C21H21NO3. The molecule has 4 nitrogen and oxygen atoms in total. The van der Waals surface area contributed by atoms with Gasteiger partial charge in [-0.1, -0.05) is 28.9 Å². The van der Waals surface area contributed by atoms with Crippen LogP contribution in [0, 0.1) is 20.8 Å². The fourth-order valence-electron chi connectivity index (χ4n) is 4.14. The number of hydrogen-bond acceptors (Lipinski definition) is 4. The number of rotatable bonds is 2. The molecule has 1 aliphatic heterocycles. The molecule has 2 aromatic rings. The lowest BCUT2D eigenvalue weighted by Crippen LogP contribution is -2.36. The third-order valence-electron chi connectivity index (χ3n) is 5.20. The number of carbonyl (C=O) groups is 1. The molecular weight excluding hydrogens is 314 g/mol. The van der Waals surface area contributed by atoms with Gasteiger partial charge in [-0.2, -0.15) is 0 Å². The van der Waals surface area contributed by atoms with Crippen LogP contribution in [0.3, 0.4) is 0 Å². The maximum Gasteiger partial charge on any atom is 0.210 e. The standard InChI is InChI=1S/C21H21NO3/c1-12-7-13(2)19(14(3)8-12)18-11-21(25-22-18)10-15-5-6-16(24-4)9-17(15)20(21)23/h5-9H,10-11H2,1-4H3. The molecule has 0 N–H and O–H groups in total. The zero-order valence-corrected chi connectivity index (χ0v) is 15.0. The van der Waals surface area contributed by atoms with Crippen molar-refractivity contribution in [3.05, 3.63) is 63.7 Å².